The highest BCUT2D eigenvalue weighted by Crippen LogP contribution is 2.36. The van der Waals surface area contributed by atoms with Crippen LogP contribution >= 0.6 is 39.9 Å². The van der Waals surface area contributed by atoms with Crippen LogP contribution in [0.2, 0.25) is 0 Å². The SMILES string of the molecule is O=C1/C(=C\c2ccc(Br)o2)SC(=S)N1c1ccc([N+](=O)[O-])cc1. The summed E-state index contributed by atoms with van der Waals surface area (Å²) < 4.78 is 6.28. The summed E-state index contributed by atoms with van der Waals surface area (Å²) in [6.07, 6.45) is 1.61. The third-order valence-electron chi connectivity index (χ3n) is 2.98. The molecule has 0 aliphatic carbocycles. The number of nitrogens with zero attached hydrogens (tertiary/aromatic N) is 2. The number of carbonyl (C=O) groups excluding carboxylic acids is 1. The summed E-state index contributed by atoms with van der Waals surface area (Å²) in [4.78, 5) is 24.5. The van der Waals surface area contributed by atoms with Gasteiger partial charge in [0.2, 0.25) is 0 Å². The van der Waals surface area contributed by atoms with Crippen molar-refractivity contribution in [2.45, 2.75) is 0 Å². The summed E-state index contributed by atoms with van der Waals surface area (Å²) in [7, 11) is 0. The molecule has 3 rings (SSSR count). The summed E-state index contributed by atoms with van der Waals surface area (Å²) in [6, 6.07) is 9.11. The molecule has 1 aromatic carbocycles. The fourth-order valence-electron chi connectivity index (χ4n) is 1.95. The monoisotopic (exact) mass is 410 g/mol. The molecule has 1 fully saturated rings. The second-order valence-corrected chi connectivity index (χ2v) is 6.89. The predicted molar refractivity (Wildman–Crippen MR) is 95.2 cm³/mol. The van der Waals surface area contributed by atoms with Crippen LogP contribution < -0.4 is 4.90 Å². The predicted octanol–water partition coefficient (Wildman–Crippen LogP) is 4.36. The van der Waals surface area contributed by atoms with Crippen molar-refractivity contribution in [2.75, 3.05) is 4.90 Å². The van der Waals surface area contributed by atoms with E-state index < -0.39 is 4.92 Å². The summed E-state index contributed by atoms with van der Waals surface area (Å²) in [5.74, 6) is 0.238. The maximum absolute atomic E-state index is 12.5. The molecular weight excluding hydrogens is 404 g/mol. The van der Waals surface area contributed by atoms with Crippen molar-refractivity contribution >= 4 is 67.6 Å². The lowest BCUT2D eigenvalue weighted by molar-refractivity contribution is -0.384. The van der Waals surface area contributed by atoms with E-state index >= 15 is 0 Å². The van der Waals surface area contributed by atoms with Gasteiger partial charge >= 0.3 is 0 Å². The Morgan fingerprint density at radius 1 is 1.26 bits per heavy atom. The van der Waals surface area contributed by atoms with E-state index in [1.807, 2.05) is 0 Å². The molecule has 0 N–H and O–H groups in total. The average Bonchev–Trinajstić information content (AvgIpc) is 3.03. The lowest BCUT2D eigenvalue weighted by Crippen LogP contribution is -2.27. The third kappa shape index (κ3) is 3.21. The van der Waals surface area contributed by atoms with Crippen LogP contribution in [0.25, 0.3) is 6.08 Å². The molecule has 116 valence electrons. The Hall–Kier alpha value is -1.97. The number of hydrogen-bond acceptors (Lipinski definition) is 6. The molecule has 2 heterocycles. The van der Waals surface area contributed by atoms with Gasteiger partial charge in [0.15, 0.2) is 8.99 Å². The fraction of sp³-hybridized carbons (Fsp3) is 0. The molecule has 1 saturated heterocycles. The number of benzene rings is 1. The van der Waals surface area contributed by atoms with Crippen LogP contribution in [0.3, 0.4) is 0 Å². The van der Waals surface area contributed by atoms with Gasteiger partial charge in [-0.1, -0.05) is 24.0 Å². The lowest BCUT2D eigenvalue weighted by atomic mass is 10.2. The zero-order valence-electron chi connectivity index (χ0n) is 11.3. The molecule has 0 radical (unpaired) electrons. The number of furan rings is 1. The summed E-state index contributed by atoms with van der Waals surface area (Å²) in [6.45, 7) is 0. The van der Waals surface area contributed by atoms with Crippen molar-refractivity contribution in [3.05, 3.63) is 61.8 Å². The van der Waals surface area contributed by atoms with Crippen molar-refractivity contribution in [1.29, 1.82) is 0 Å². The normalized spacial score (nSPS) is 16.4. The zero-order valence-corrected chi connectivity index (χ0v) is 14.5. The Labute approximate surface area is 148 Å². The molecule has 0 spiro atoms. The highest BCUT2D eigenvalue weighted by atomic mass is 79.9. The Balaban J connectivity index is 1.89. The molecule has 1 aliphatic rings. The molecule has 0 bridgehead atoms. The van der Waals surface area contributed by atoms with Gasteiger partial charge in [0.05, 0.1) is 15.5 Å². The second-order valence-electron chi connectivity index (χ2n) is 4.43. The van der Waals surface area contributed by atoms with E-state index in [0.29, 0.717) is 25.3 Å². The van der Waals surface area contributed by atoms with E-state index in [9.17, 15) is 14.9 Å². The first-order valence-corrected chi connectivity index (χ1v) is 8.25. The Kier molecular flexibility index (Phi) is 4.33. The van der Waals surface area contributed by atoms with E-state index in [2.05, 4.69) is 15.9 Å². The molecular formula is C14H7BrN2O4S2. The van der Waals surface area contributed by atoms with Crippen molar-refractivity contribution in [3.63, 3.8) is 0 Å². The number of anilines is 1. The first-order valence-electron chi connectivity index (χ1n) is 6.23. The van der Waals surface area contributed by atoms with Gasteiger partial charge in [0, 0.05) is 18.2 Å². The van der Waals surface area contributed by atoms with Gasteiger partial charge in [-0.2, -0.15) is 0 Å². The topological polar surface area (TPSA) is 76.6 Å². The number of halogens is 1. The van der Waals surface area contributed by atoms with Crippen LogP contribution in [0.5, 0.6) is 0 Å². The number of thiocarbonyl (C=S) groups is 1. The van der Waals surface area contributed by atoms with Gasteiger partial charge in [-0.3, -0.25) is 19.8 Å². The Bertz CT molecular complexity index is 845. The molecule has 0 saturated carbocycles. The number of non-ortho nitro benzene ring substituents is 1. The number of nitro groups is 1. The number of rotatable bonds is 3. The van der Waals surface area contributed by atoms with Gasteiger partial charge < -0.3 is 4.42 Å². The highest BCUT2D eigenvalue weighted by molar-refractivity contribution is 9.10. The van der Waals surface area contributed by atoms with Gasteiger partial charge in [-0.05, 0) is 40.2 Å². The van der Waals surface area contributed by atoms with Gasteiger partial charge in [0.1, 0.15) is 5.76 Å². The van der Waals surface area contributed by atoms with Gasteiger partial charge in [-0.15, -0.1) is 0 Å². The summed E-state index contributed by atoms with van der Waals surface area (Å²) >= 11 is 9.58. The highest BCUT2D eigenvalue weighted by Gasteiger charge is 2.33. The second kappa shape index (κ2) is 6.26. The smallest absolute Gasteiger partial charge is 0.270 e. The standard InChI is InChI=1S/C14H7BrN2O4S2/c15-12-6-5-10(21-12)7-11-13(18)16(14(22)23-11)8-1-3-9(4-2-8)17(19)20/h1-7H/b11-7+. The number of nitro benzene ring substituents is 1. The van der Waals surface area contributed by atoms with Crippen LogP contribution in [0.4, 0.5) is 11.4 Å². The van der Waals surface area contributed by atoms with Crippen LogP contribution in [-0.2, 0) is 4.79 Å². The van der Waals surface area contributed by atoms with Crippen LogP contribution in [0, 0.1) is 10.1 Å². The van der Waals surface area contributed by atoms with Crippen molar-refractivity contribution in [3.8, 4) is 0 Å². The first-order chi connectivity index (χ1) is 11.0. The van der Waals surface area contributed by atoms with Crippen LogP contribution in [0.1, 0.15) is 5.76 Å². The van der Waals surface area contributed by atoms with Crippen LogP contribution in [0.15, 0.2) is 50.4 Å². The Morgan fingerprint density at radius 3 is 2.52 bits per heavy atom. The number of carbonyl (C=O) groups is 1. The van der Waals surface area contributed by atoms with E-state index in [0.717, 1.165) is 11.8 Å². The molecule has 2 aromatic rings. The first kappa shape index (κ1) is 15.9. The van der Waals surface area contributed by atoms with Crippen molar-refractivity contribution in [2.24, 2.45) is 0 Å². The van der Waals surface area contributed by atoms with E-state index in [1.165, 1.54) is 29.2 Å². The van der Waals surface area contributed by atoms with Crippen molar-refractivity contribution in [1.82, 2.24) is 0 Å². The quantitative estimate of drug-likeness (QED) is 0.323. The summed E-state index contributed by atoms with van der Waals surface area (Å²) in [5.41, 5.74) is 0.442. The van der Waals surface area contributed by atoms with Crippen molar-refractivity contribution < 1.29 is 14.1 Å². The minimum Gasteiger partial charge on any atom is -0.450 e. The number of amides is 1. The average molecular weight is 411 g/mol. The molecule has 0 atom stereocenters. The van der Waals surface area contributed by atoms with Gasteiger partial charge in [0.25, 0.3) is 11.6 Å². The van der Waals surface area contributed by atoms with E-state index in [4.69, 9.17) is 16.6 Å². The third-order valence-corrected chi connectivity index (χ3v) is 4.71. The molecule has 0 unspecified atom stereocenters. The number of hydrogen-bond donors (Lipinski definition) is 0. The van der Waals surface area contributed by atoms with E-state index in [-0.39, 0.29) is 11.6 Å². The summed E-state index contributed by atoms with van der Waals surface area (Å²) in [5, 5.41) is 10.7. The molecule has 1 aliphatic heterocycles. The van der Waals surface area contributed by atoms with E-state index in [1.54, 1.807) is 18.2 Å². The number of thioether (sulfide) groups is 1. The maximum atomic E-state index is 12.5. The molecule has 6 nitrogen and oxygen atoms in total. The zero-order chi connectivity index (χ0) is 16.6. The minimum atomic E-state index is -0.497. The fourth-order valence-corrected chi connectivity index (χ4v) is 3.55. The molecule has 9 heteroatoms. The van der Waals surface area contributed by atoms with Gasteiger partial charge in [-0.25, -0.2) is 0 Å². The molecule has 1 amide bonds. The maximum Gasteiger partial charge on any atom is 0.270 e. The minimum absolute atomic E-state index is 0.0461. The van der Waals surface area contributed by atoms with Crippen LogP contribution in [-0.4, -0.2) is 15.2 Å². The largest absolute Gasteiger partial charge is 0.450 e. The lowest BCUT2D eigenvalue weighted by Gasteiger charge is -2.13. The Morgan fingerprint density at radius 2 is 1.96 bits per heavy atom. The molecule has 23 heavy (non-hydrogen) atoms. The molecule has 1 aromatic heterocycles.